The van der Waals surface area contributed by atoms with Gasteiger partial charge in [0.1, 0.15) is 12.1 Å². The second-order valence-electron chi connectivity index (χ2n) is 3.77. The summed E-state index contributed by atoms with van der Waals surface area (Å²) in [5.74, 6) is 0. The van der Waals surface area contributed by atoms with E-state index in [1.165, 1.54) is 11.2 Å². The molecular formula is C12H11N5S. The second-order valence-corrected chi connectivity index (χ2v) is 5.09. The monoisotopic (exact) mass is 257 g/mol. The van der Waals surface area contributed by atoms with E-state index in [2.05, 4.69) is 4.98 Å². The van der Waals surface area contributed by atoms with Crippen LogP contribution in [-0.4, -0.2) is 16.1 Å². The first kappa shape index (κ1) is 12.3. The molecule has 1 unspecified atom stereocenters. The van der Waals surface area contributed by atoms with Crippen LogP contribution in [0.2, 0.25) is 0 Å². The fourth-order valence-electron chi connectivity index (χ4n) is 1.79. The van der Waals surface area contributed by atoms with Gasteiger partial charge in [-0.15, -0.1) is 11.3 Å². The predicted octanol–water partition coefficient (Wildman–Crippen LogP) is 1.54. The fourth-order valence-corrected chi connectivity index (χ4v) is 2.78. The fraction of sp³-hybridized carbons (Fsp3) is 0.250. The molecule has 6 heteroatoms. The highest BCUT2D eigenvalue weighted by Crippen LogP contribution is 2.26. The summed E-state index contributed by atoms with van der Waals surface area (Å²) in [6.45, 7) is 2.37. The SMILES string of the molecule is Cc1ccc(C(CN)n2cnc(C#N)c2C#N)s1. The summed E-state index contributed by atoms with van der Waals surface area (Å²) in [4.78, 5) is 6.18. The highest BCUT2D eigenvalue weighted by molar-refractivity contribution is 7.12. The number of hydrogen-bond acceptors (Lipinski definition) is 5. The molecule has 2 heterocycles. The van der Waals surface area contributed by atoms with Crippen LogP contribution in [0.1, 0.15) is 27.2 Å². The standard InChI is InChI=1S/C12H11N5S/c1-8-2-3-12(18-8)11(6-15)17-7-16-9(4-13)10(17)5-14/h2-3,7,11H,6,15H2,1H3. The van der Waals surface area contributed by atoms with Gasteiger partial charge in [-0.3, -0.25) is 0 Å². The molecule has 0 aromatic carbocycles. The van der Waals surface area contributed by atoms with E-state index < -0.39 is 0 Å². The van der Waals surface area contributed by atoms with Gasteiger partial charge in [0.25, 0.3) is 0 Å². The lowest BCUT2D eigenvalue weighted by Crippen LogP contribution is -2.20. The zero-order valence-corrected chi connectivity index (χ0v) is 10.6. The summed E-state index contributed by atoms with van der Waals surface area (Å²) in [6, 6.07) is 7.78. The molecule has 2 rings (SSSR count). The second kappa shape index (κ2) is 5.01. The van der Waals surface area contributed by atoms with Crippen molar-refractivity contribution in [3.8, 4) is 12.1 Å². The molecule has 90 valence electrons. The molecule has 2 N–H and O–H groups in total. The van der Waals surface area contributed by atoms with Crippen molar-refractivity contribution in [3.05, 3.63) is 39.6 Å². The van der Waals surface area contributed by atoms with Crippen molar-refractivity contribution >= 4 is 11.3 Å². The van der Waals surface area contributed by atoms with Crippen molar-refractivity contribution in [2.45, 2.75) is 13.0 Å². The number of imidazole rings is 1. The summed E-state index contributed by atoms with van der Waals surface area (Å²) in [6.07, 6.45) is 1.50. The molecule has 0 amide bonds. The Bertz CT molecular complexity index is 640. The Labute approximate surface area is 109 Å². The molecule has 0 spiro atoms. The number of thiophene rings is 1. The Hall–Kier alpha value is -2.15. The third-order valence-electron chi connectivity index (χ3n) is 2.65. The highest BCUT2D eigenvalue weighted by atomic mass is 32.1. The number of nitrogens with zero attached hydrogens (tertiary/aromatic N) is 4. The molecule has 0 saturated heterocycles. The minimum Gasteiger partial charge on any atom is -0.328 e. The van der Waals surface area contributed by atoms with Crippen molar-refractivity contribution < 1.29 is 0 Å². The molecule has 0 bridgehead atoms. The van der Waals surface area contributed by atoms with Crippen LogP contribution in [0.15, 0.2) is 18.5 Å². The van der Waals surface area contributed by atoms with E-state index in [1.807, 2.05) is 31.2 Å². The van der Waals surface area contributed by atoms with Crippen LogP contribution in [0.25, 0.3) is 0 Å². The van der Waals surface area contributed by atoms with E-state index in [9.17, 15) is 0 Å². The van der Waals surface area contributed by atoms with Crippen molar-refractivity contribution in [2.75, 3.05) is 6.54 Å². The minimum absolute atomic E-state index is 0.143. The van der Waals surface area contributed by atoms with Gasteiger partial charge in [-0.25, -0.2) is 4.98 Å². The molecule has 0 fully saturated rings. The summed E-state index contributed by atoms with van der Waals surface area (Å²) in [7, 11) is 0. The highest BCUT2D eigenvalue weighted by Gasteiger charge is 2.19. The van der Waals surface area contributed by atoms with Gasteiger partial charge in [0.2, 0.25) is 0 Å². The number of hydrogen-bond donors (Lipinski definition) is 1. The molecule has 18 heavy (non-hydrogen) atoms. The van der Waals surface area contributed by atoms with Gasteiger partial charge < -0.3 is 10.3 Å². The van der Waals surface area contributed by atoms with Gasteiger partial charge >= 0.3 is 0 Å². The molecule has 2 aromatic rings. The van der Waals surface area contributed by atoms with Crippen molar-refractivity contribution in [3.63, 3.8) is 0 Å². The van der Waals surface area contributed by atoms with Crippen LogP contribution < -0.4 is 5.73 Å². The molecular weight excluding hydrogens is 246 g/mol. The summed E-state index contributed by atoms with van der Waals surface area (Å²) in [5.41, 5.74) is 6.19. The van der Waals surface area contributed by atoms with Gasteiger partial charge in [0.05, 0.1) is 12.4 Å². The van der Waals surface area contributed by atoms with Gasteiger partial charge in [-0.05, 0) is 19.1 Å². The average molecular weight is 257 g/mol. The van der Waals surface area contributed by atoms with Crippen LogP contribution in [-0.2, 0) is 0 Å². The van der Waals surface area contributed by atoms with Crippen molar-refractivity contribution in [1.29, 1.82) is 10.5 Å². The number of aryl methyl sites for hydroxylation is 1. The third-order valence-corrected chi connectivity index (χ3v) is 3.76. The van der Waals surface area contributed by atoms with E-state index in [4.69, 9.17) is 16.3 Å². The summed E-state index contributed by atoms with van der Waals surface area (Å²) < 4.78 is 1.67. The topological polar surface area (TPSA) is 91.4 Å². The van der Waals surface area contributed by atoms with E-state index >= 15 is 0 Å². The Morgan fingerprint density at radius 1 is 1.44 bits per heavy atom. The first-order chi connectivity index (χ1) is 8.71. The quantitative estimate of drug-likeness (QED) is 0.902. The normalized spacial score (nSPS) is 11.8. The van der Waals surface area contributed by atoms with Gasteiger partial charge in [-0.1, -0.05) is 0 Å². The number of nitriles is 2. The molecule has 0 radical (unpaired) electrons. The van der Waals surface area contributed by atoms with Crippen molar-refractivity contribution in [2.24, 2.45) is 5.73 Å². The Kier molecular flexibility index (Phi) is 3.42. The summed E-state index contributed by atoms with van der Waals surface area (Å²) >= 11 is 1.63. The molecule has 0 aliphatic rings. The minimum atomic E-state index is -0.145. The Morgan fingerprint density at radius 3 is 2.72 bits per heavy atom. The molecule has 1 atom stereocenters. The van der Waals surface area contributed by atoms with E-state index in [-0.39, 0.29) is 17.4 Å². The lowest BCUT2D eigenvalue weighted by atomic mass is 10.2. The van der Waals surface area contributed by atoms with Gasteiger partial charge in [-0.2, -0.15) is 10.5 Å². The largest absolute Gasteiger partial charge is 0.328 e. The number of aromatic nitrogens is 2. The Morgan fingerprint density at radius 2 is 2.22 bits per heavy atom. The summed E-state index contributed by atoms with van der Waals surface area (Å²) in [5, 5.41) is 18.0. The van der Waals surface area contributed by atoms with Gasteiger partial charge in [0, 0.05) is 16.3 Å². The first-order valence-electron chi connectivity index (χ1n) is 5.34. The smallest absolute Gasteiger partial charge is 0.176 e. The van der Waals surface area contributed by atoms with Crippen LogP contribution in [0.5, 0.6) is 0 Å². The van der Waals surface area contributed by atoms with Crippen LogP contribution in [0, 0.1) is 29.6 Å². The maximum Gasteiger partial charge on any atom is 0.176 e. The maximum atomic E-state index is 9.12. The van der Waals surface area contributed by atoms with E-state index in [0.29, 0.717) is 6.54 Å². The zero-order chi connectivity index (χ0) is 13.1. The van der Waals surface area contributed by atoms with E-state index in [0.717, 1.165) is 4.88 Å². The van der Waals surface area contributed by atoms with Crippen LogP contribution in [0.3, 0.4) is 0 Å². The molecule has 2 aromatic heterocycles. The number of rotatable bonds is 3. The van der Waals surface area contributed by atoms with E-state index in [1.54, 1.807) is 15.9 Å². The molecule has 0 aliphatic heterocycles. The zero-order valence-electron chi connectivity index (χ0n) is 9.79. The third kappa shape index (κ3) is 2.00. The molecule has 5 nitrogen and oxygen atoms in total. The lowest BCUT2D eigenvalue weighted by molar-refractivity contribution is 0.598. The molecule has 0 saturated carbocycles. The average Bonchev–Trinajstić information content (AvgIpc) is 2.97. The van der Waals surface area contributed by atoms with Crippen molar-refractivity contribution in [1.82, 2.24) is 9.55 Å². The Balaban J connectivity index is 2.50. The molecule has 0 aliphatic carbocycles. The predicted molar refractivity (Wildman–Crippen MR) is 67.9 cm³/mol. The maximum absolute atomic E-state index is 9.12. The number of nitrogens with two attached hydrogens (primary N) is 1. The lowest BCUT2D eigenvalue weighted by Gasteiger charge is -2.15. The van der Waals surface area contributed by atoms with Gasteiger partial charge in [0.15, 0.2) is 11.4 Å². The van der Waals surface area contributed by atoms with Crippen LogP contribution >= 0.6 is 11.3 Å². The van der Waals surface area contributed by atoms with Crippen LogP contribution in [0.4, 0.5) is 0 Å². The first-order valence-corrected chi connectivity index (χ1v) is 6.16.